The monoisotopic (exact) mass is 549 g/mol. The van der Waals surface area contributed by atoms with E-state index in [9.17, 15) is 18.0 Å². The molecule has 0 saturated carbocycles. The minimum absolute atomic E-state index is 0.409. The first-order valence-corrected chi connectivity index (χ1v) is 13.1. The Morgan fingerprint density at radius 1 is 0.900 bits per heavy atom. The number of pyridine rings is 2. The Morgan fingerprint density at radius 2 is 1.73 bits per heavy atom. The van der Waals surface area contributed by atoms with E-state index >= 15 is 0 Å². The molecule has 8 nitrogen and oxygen atoms in total. The van der Waals surface area contributed by atoms with Crippen LogP contribution in [0.15, 0.2) is 60.9 Å². The van der Waals surface area contributed by atoms with Crippen molar-refractivity contribution >= 4 is 44.3 Å². The molecule has 6 N–H and O–H groups in total. The highest BCUT2D eigenvalue weighted by atomic mass is 19.4. The Hall–Kier alpha value is -4.22. The zero-order valence-electron chi connectivity index (χ0n) is 21.7. The van der Waals surface area contributed by atoms with Crippen LogP contribution in [0.4, 0.5) is 19.0 Å². The Bertz CT molecular complexity index is 1650. The average Bonchev–Trinajstić information content (AvgIpc) is 3.35. The molecule has 1 amide bonds. The molecule has 0 saturated heterocycles. The minimum atomic E-state index is -4.34. The van der Waals surface area contributed by atoms with Gasteiger partial charge in [0.15, 0.2) is 0 Å². The van der Waals surface area contributed by atoms with Crippen molar-refractivity contribution in [2.45, 2.75) is 25.6 Å². The summed E-state index contributed by atoms with van der Waals surface area (Å²) in [6.07, 6.45) is 1.12. The lowest BCUT2D eigenvalue weighted by atomic mass is 10.1. The van der Waals surface area contributed by atoms with E-state index in [-0.39, 0.29) is 0 Å². The number of benzene rings is 2. The maximum atomic E-state index is 12.9. The lowest BCUT2D eigenvalue weighted by molar-refractivity contribution is -0.137. The quantitative estimate of drug-likeness (QED) is 0.111. The van der Waals surface area contributed by atoms with Crippen LogP contribution in [0.25, 0.3) is 32.6 Å². The average molecular weight is 550 g/mol. The Kier molecular flexibility index (Phi) is 8.13. The van der Waals surface area contributed by atoms with Crippen LogP contribution in [-0.4, -0.2) is 47.0 Å². The van der Waals surface area contributed by atoms with Crippen molar-refractivity contribution in [2.24, 2.45) is 5.73 Å². The van der Waals surface area contributed by atoms with Crippen LogP contribution in [0.2, 0.25) is 0 Å². The number of H-pyrrole nitrogens is 1. The van der Waals surface area contributed by atoms with Crippen LogP contribution < -0.4 is 21.7 Å². The highest BCUT2D eigenvalue weighted by molar-refractivity contribution is 6.11. The van der Waals surface area contributed by atoms with Gasteiger partial charge in [0, 0.05) is 70.3 Å². The van der Waals surface area contributed by atoms with Gasteiger partial charge in [-0.25, -0.2) is 4.98 Å². The number of amides is 1. The third-order valence-electron chi connectivity index (χ3n) is 6.75. The molecule has 2 aromatic carbocycles. The summed E-state index contributed by atoms with van der Waals surface area (Å²) in [5.74, 6) is 0.230. The number of anilines is 1. The number of carbonyl (C=O) groups is 1. The fraction of sp³-hybridized carbons (Fsp3) is 0.276. The molecule has 40 heavy (non-hydrogen) atoms. The van der Waals surface area contributed by atoms with Crippen LogP contribution in [0.1, 0.15) is 34.5 Å². The summed E-state index contributed by atoms with van der Waals surface area (Å²) >= 11 is 0. The normalized spacial score (nSPS) is 12.0. The van der Waals surface area contributed by atoms with Gasteiger partial charge >= 0.3 is 6.18 Å². The summed E-state index contributed by atoms with van der Waals surface area (Å²) in [6.45, 7) is 3.64. The molecule has 0 aliphatic rings. The van der Waals surface area contributed by atoms with Crippen LogP contribution in [0, 0.1) is 0 Å². The molecule has 0 unspecified atom stereocenters. The smallest absolute Gasteiger partial charge is 0.368 e. The first kappa shape index (κ1) is 27.4. The molecular formula is C29H30F3N7O. The number of aromatic nitrogens is 3. The van der Waals surface area contributed by atoms with Crippen LogP contribution >= 0.6 is 0 Å². The predicted octanol–water partition coefficient (Wildman–Crippen LogP) is 4.95. The van der Waals surface area contributed by atoms with E-state index in [1.165, 1.54) is 12.1 Å². The number of halogens is 3. The summed E-state index contributed by atoms with van der Waals surface area (Å²) in [7, 11) is 0. The van der Waals surface area contributed by atoms with Crippen LogP contribution in [0.3, 0.4) is 0 Å². The van der Waals surface area contributed by atoms with Gasteiger partial charge in [0.05, 0.1) is 11.1 Å². The van der Waals surface area contributed by atoms with Gasteiger partial charge in [0.25, 0.3) is 0 Å². The summed E-state index contributed by atoms with van der Waals surface area (Å²) < 4.78 is 38.7. The van der Waals surface area contributed by atoms with Gasteiger partial charge in [-0.1, -0.05) is 6.07 Å². The Morgan fingerprint density at radius 3 is 2.52 bits per heavy atom. The molecule has 3 heterocycles. The molecule has 0 spiro atoms. The summed E-state index contributed by atoms with van der Waals surface area (Å²) in [5.41, 5.74) is 7.44. The standard InChI is InChI=1S/C29H30F3N7O/c30-29(31,32)20-4-6-25-19(13-20)14-21(38-25)16-35-9-2-1-8-34-11-12-37-28-23-7-10-36-17-24(23)22-5-3-18(27(33)40)15-26(22)39-28/h3-7,10,13-15,17,34-35,38H,1-2,8-9,11-12,16H2,(H2,33,40)(H,37,39). The maximum Gasteiger partial charge on any atom is 0.416 e. The molecule has 0 radical (unpaired) electrons. The number of nitrogens with zero attached hydrogens (tertiary/aromatic N) is 2. The van der Waals surface area contributed by atoms with Gasteiger partial charge in [-0.05, 0) is 68.4 Å². The van der Waals surface area contributed by atoms with Gasteiger partial charge < -0.3 is 26.7 Å². The molecule has 3 aromatic heterocycles. The Labute approximate surface area is 228 Å². The number of aromatic amines is 1. The third-order valence-corrected chi connectivity index (χ3v) is 6.75. The second kappa shape index (κ2) is 11.9. The summed E-state index contributed by atoms with van der Waals surface area (Å²) in [4.78, 5) is 23.7. The predicted molar refractivity (Wildman–Crippen MR) is 151 cm³/mol. The molecule has 0 aliphatic carbocycles. The SMILES string of the molecule is NC(=O)c1ccc2c(c1)nc(NCCNCCCCNCc1cc3cc(C(F)(F)F)ccc3[nH]1)c1ccncc12. The zero-order valence-corrected chi connectivity index (χ0v) is 21.7. The molecule has 0 fully saturated rings. The molecule has 11 heteroatoms. The largest absolute Gasteiger partial charge is 0.416 e. The highest BCUT2D eigenvalue weighted by Crippen LogP contribution is 2.32. The van der Waals surface area contributed by atoms with Crippen LogP contribution in [0.5, 0.6) is 0 Å². The number of hydrogen-bond donors (Lipinski definition) is 5. The van der Waals surface area contributed by atoms with Crippen molar-refractivity contribution in [3.05, 3.63) is 77.7 Å². The molecule has 0 atom stereocenters. The van der Waals surface area contributed by atoms with Gasteiger partial charge in [-0.2, -0.15) is 13.2 Å². The number of hydrogen-bond acceptors (Lipinski definition) is 6. The second-order valence-electron chi connectivity index (χ2n) is 9.63. The van der Waals surface area contributed by atoms with E-state index in [2.05, 4.69) is 25.9 Å². The van der Waals surface area contributed by atoms with Crippen molar-refractivity contribution in [1.29, 1.82) is 0 Å². The number of rotatable bonds is 12. The fourth-order valence-electron chi connectivity index (χ4n) is 4.72. The van der Waals surface area contributed by atoms with E-state index in [4.69, 9.17) is 10.7 Å². The summed E-state index contributed by atoms with van der Waals surface area (Å²) in [5, 5.41) is 13.5. The fourth-order valence-corrected chi connectivity index (χ4v) is 4.72. The lowest BCUT2D eigenvalue weighted by Crippen LogP contribution is -2.24. The number of fused-ring (bicyclic) bond motifs is 4. The number of alkyl halides is 3. The van der Waals surface area contributed by atoms with Gasteiger partial charge in [-0.15, -0.1) is 0 Å². The number of primary amides is 1. The van der Waals surface area contributed by atoms with Gasteiger partial charge in [0.1, 0.15) is 5.82 Å². The number of unbranched alkanes of at least 4 members (excludes halogenated alkanes) is 1. The van der Waals surface area contributed by atoms with E-state index in [0.29, 0.717) is 35.1 Å². The molecule has 5 rings (SSSR count). The van der Waals surface area contributed by atoms with Gasteiger partial charge in [0.2, 0.25) is 5.91 Å². The van der Waals surface area contributed by atoms with Crippen molar-refractivity contribution < 1.29 is 18.0 Å². The third kappa shape index (κ3) is 6.32. The molecule has 5 aromatic rings. The molecular weight excluding hydrogens is 519 g/mol. The molecule has 0 bridgehead atoms. The van der Waals surface area contributed by atoms with Crippen LogP contribution in [-0.2, 0) is 12.7 Å². The Balaban J connectivity index is 1.03. The van der Waals surface area contributed by atoms with E-state index < -0.39 is 17.6 Å². The molecule has 0 aliphatic heterocycles. The summed E-state index contributed by atoms with van der Waals surface area (Å²) in [6, 6.07) is 12.7. The van der Waals surface area contributed by atoms with Crippen molar-refractivity contribution in [2.75, 3.05) is 31.5 Å². The van der Waals surface area contributed by atoms with Gasteiger partial charge in [-0.3, -0.25) is 9.78 Å². The van der Waals surface area contributed by atoms with Crippen molar-refractivity contribution in [3.63, 3.8) is 0 Å². The first-order valence-electron chi connectivity index (χ1n) is 13.1. The number of nitrogens with one attached hydrogen (secondary N) is 4. The van der Waals surface area contributed by atoms with Crippen molar-refractivity contribution in [1.82, 2.24) is 25.6 Å². The second-order valence-corrected chi connectivity index (χ2v) is 9.63. The van der Waals surface area contributed by atoms with Crippen molar-refractivity contribution in [3.8, 4) is 0 Å². The number of nitrogens with two attached hydrogens (primary N) is 1. The van der Waals surface area contributed by atoms with E-state index in [1.54, 1.807) is 30.6 Å². The van der Waals surface area contributed by atoms with E-state index in [1.807, 2.05) is 12.1 Å². The topological polar surface area (TPSA) is 121 Å². The minimum Gasteiger partial charge on any atom is -0.368 e. The zero-order chi connectivity index (χ0) is 28.1. The number of carbonyl (C=O) groups excluding carboxylic acids is 1. The maximum absolute atomic E-state index is 12.9. The van der Waals surface area contributed by atoms with E-state index in [0.717, 1.165) is 66.2 Å². The first-order chi connectivity index (χ1) is 19.3. The lowest BCUT2D eigenvalue weighted by Gasteiger charge is -2.12. The highest BCUT2D eigenvalue weighted by Gasteiger charge is 2.30. The molecule has 208 valence electrons.